The molecule has 2 aromatic carbocycles. The number of rotatable bonds is 10. The largest absolute Gasteiger partial charge is 0.478 e. The maximum atomic E-state index is 12.8. The second-order valence-electron chi connectivity index (χ2n) is 6.48. The Morgan fingerprint density at radius 2 is 1.85 bits per heavy atom. The highest BCUT2D eigenvalue weighted by Crippen LogP contribution is 2.24. The highest BCUT2D eigenvalue weighted by Gasteiger charge is 2.21. The number of carbonyl (C=O) groups is 1. The molecule has 0 fully saturated rings. The average molecular weight is 391 g/mol. The minimum Gasteiger partial charge on any atom is -0.478 e. The first-order chi connectivity index (χ1) is 12.8. The number of aromatic carboxylic acids is 1. The van der Waals surface area contributed by atoms with E-state index in [0.717, 1.165) is 18.4 Å². The van der Waals surface area contributed by atoms with Crippen LogP contribution in [0.3, 0.4) is 0 Å². The fourth-order valence-electron chi connectivity index (χ4n) is 2.82. The topological polar surface area (TPSA) is 95.5 Å². The molecule has 0 radical (unpaired) electrons. The van der Waals surface area contributed by atoms with Crippen LogP contribution in [0.5, 0.6) is 0 Å². The van der Waals surface area contributed by atoms with Crippen LogP contribution in [-0.2, 0) is 16.4 Å². The smallest absolute Gasteiger partial charge is 0.335 e. The van der Waals surface area contributed by atoms with Crippen molar-refractivity contribution < 1.29 is 18.3 Å². The molecule has 0 aliphatic heterocycles. The monoisotopic (exact) mass is 390 g/mol. The van der Waals surface area contributed by atoms with Crippen molar-refractivity contribution in [3.05, 3.63) is 59.7 Å². The number of nitrogens with one attached hydrogen (secondary N) is 2. The van der Waals surface area contributed by atoms with E-state index in [1.165, 1.54) is 18.2 Å². The van der Waals surface area contributed by atoms with E-state index < -0.39 is 16.0 Å². The number of anilines is 1. The molecule has 1 atom stereocenters. The van der Waals surface area contributed by atoms with E-state index in [4.69, 9.17) is 0 Å². The minimum absolute atomic E-state index is 0.0431. The third-order valence-electron chi connectivity index (χ3n) is 4.19. The third kappa shape index (κ3) is 6.08. The molecule has 0 aliphatic rings. The van der Waals surface area contributed by atoms with Crippen LogP contribution in [0.2, 0.25) is 0 Å². The minimum atomic E-state index is -3.85. The third-order valence-corrected chi connectivity index (χ3v) is 5.69. The zero-order chi connectivity index (χ0) is 19.9. The molecule has 7 heteroatoms. The molecule has 0 unspecified atom stereocenters. The van der Waals surface area contributed by atoms with Gasteiger partial charge in [-0.3, -0.25) is 0 Å². The van der Waals surface area contributed by atoms with E-state index in [1.807, 2.05) is 37.3 Å². The SMILES string of the molecule is CCC[C@@H](C)Nc1ccc(C(=O)O)cc1S(=O)(=O)NCCc1ccccc1. The van der Waals surface area contributed by atoms with Crippen molar-refractivity contribution in [1.82, 2.24) is 4.72 Å². The number of carboxylic acid groups (broad SMARTS) is 1. The van der Waals surface area contributed by atoms with Gasteiger partial charge in [0.05, 0.1) is 11.3 Å². The van der Waals surface area contributed by atoms with E-state index in [1.54, 1.807) is 0 Å². The molecule has 0 saturated heterocycles. The lowest BCUT2D eigenvalue weighted by Crippen LogP contribution is -2.28. The van der Waals surface area contributed by atoms with E-state index >= 15 is 0 Å². The van der Waals surface area contributed by atoms with Gasteiger partial charge in [0.1, 0.15) is 4.90 Å². The van der Waals surface area contributed by atoms with Crippen LogP contribution in [-0.4, -0.2) is 32.1 Å². The average Bonchev–Trinajstić information content (AvgIpc) is 2.62. The van der Waals surface area contributed by atoms with Gasteiger partial charge in [0.25, 0.3) is 0 Å². The highest BCUT2D eigenvalue weighted by molar-refractivity contribution is 7.89. The van der Waals surface area contributed by atoms with Crippen LogP contribution in [0.4, 0.5) is 5.69 Å². The fraction of sp³-hybridized carbons (Fsp3) is 0.350. The first kappa shape index (κ1) is 20.9. The van der Waals surface area contributed by atoms with Gasteiger partial charge in [0.2, 0.25) is 10.0 Å². The summed E-state index contributed by atoms with van der Waals surface area (Å²) in [6, 6.07) is 13.8. The molecule has 0 spiro atoms. The van der Waals surface area contributed by atoms with E-state index in [9.17, 15) is 18.3 Å². The maximum absolute atomic E-state index is 12.8. The normalized spacial score (nSPS) is 12.5. The lowest BCUT2D eigenvalue weighted by atomic mass is 10.1. The maximum Gasteiger partial charge on any atom is 0.335 e. The first-order valence-corrected chi connectivity index (χ1v) is 10.5. The quantitative estimate of drug-likeness (QED) is 0.577. The molecule has 0 bridgehead atoms. The predicted octanol–water partition coefficient (Wildman–Crippen LogP) is 3.51. The van der Waals surface area contributed by atoms with E-state index in [2.05, 4.69) is 17.0 Å². The van der Waals surface area contributed by atoms with Gasteiger partial charge in [-0.15, -0.1) is 0 Å². The molecule has 0 amide bonds. The number of sulfonamides is 1. The van der Waals surface area contributed by atoms with Crippen LogP contribution >= 0.6 is 0 Å². The Hall–Kier alpha value is -2.38. The van der Waals surface area contributed by atoms with Crippen molar-refractivity contribution in [2.24, 2.45) is 0 Å². The van der Waals surface area contributed by atoms with Crippen molar-refractivity contribution in [2.45, 2.75) is 44.0 Å². The van der Waals surface area contributed by atoms with Crippen molar-refractivity contribution in [3.8, 4) is 0 Å². The van der Waals surface area contributed by atoms with Crippen molar-refractivity contribution in [2.75, 3.05) is 11.9 Å². The number of hydrogen-bond acceptors (Lipinski definition) is 4. The highest BCUT2D eigenvalue weighted by atomic mass is 32.2. The van der Waals surface area contributed by atoms with Crippen LogP contribution in [0.1, 0.15) is 42.6 Å². The zero-order valence-corrected chi connectivity index (χ0v) is 16.4. The summed E-state index contributed by atoms with van der Waals surface area (Å²) in [7, 11) is -3.85. The molecule has 0 aliphatic carbocycles. The molecule has 0 saturated carbocycles. The van der Waals surface area contributed by atoms with Crippen LogP contribution < -0.4 is 10.0 Å². The molecule has 146 valence electrons. The number of carboxylic acids is 1. The van der Waals surface area contributed by atoms with Gasteiger partial charge in [-0.1, -0.05) is 43.7 Å². The molecule has 3 N–H and O–H groups in total. The Kier molecular flexibility index (Phi) is 7.38. The second-order valence-corrected chi connectivity index (χ2v) is 8.22. The Bertz CT molecular complexity index is 867. The standard InChI is InChI=1S/C20H26N2O4S/c1-3-7-15(2)22-18-11-10-17(20(23)24)14-19(18)27(25,26)21-13-12-16-8-5-4-6-9-16/h4-6,8-11,14-15,21-22H,3,7,12-13H2,1-2H3,(H,23,24)/t15-/m1/s1. The Labute approximate surface area is 160 Å². The van der Waals surface area contributed by atoms with Gasteiger partial charge >= 0.3 is 5.97 Å². The summed E-state index contributed by atoms with van der Waals surface area (Å²) in [6.45, 7) is 4.25. The van der Waals surface area contributed by atoms with Crippen LogP contribution in [0.25, 0.3) is 0 Å². The number of hydrogen-bond donors (Lipinski definition) is 3. The van der Waals surface area contributed by atoms with Gasteiger partial charge in [-0.05, 0) is 43.5 Å². The lowest BCUT2D eigenvalue weighted by molar-refractivity contribution is 0.0696. The summed E-state index contributed by atoms with van der Waals surface area (Å²) < 4.78 is 28.2. The molecule has 0 aromatic heterocycles. The van der Waals surface area contributed by atoms with Gasteiger partial charge in [-0.2, -0.15) is 0 Å². The molecule has 6 nitrogen and oxygen atoms in total. The van der Waals surface area contributed by atoms with Gasteiger partial charge < -0.3 is 10.4 Å². The first-order valence-electron chi connectivity index (χ1n) is 9.01. The van der Waals surface area contributed by atoms with Crippen molar-refractivity contribution in [1.29, 1.82) is 0 Å². The van der Waals surface area contributed by atoms with Crippen molar-refractivity contribution >= 4 is 21.7 Å². The van der Waals surface area contributed by atoms with Crippen molar-refractivity contribution in [3.63, 3.8) is 0 Å². The second kappa shape index (κ2) is 9.53. The summed E-state index contributed by atoms with van der Waals surface area (Å²) in [6.07, 6.45) is 2.38. The lowest BCUT2D eigenvalue weighted by Gasteiger charge is -2.18. The molecular formula is C20H26N2O4S. The van der Waals surface area contributed by atoms with Crippen LogP contribution in [0.15, 0.2) is 53.4 Å². The molecule has 2 aromatic rings. The van der Waals surface area contributed by atoms with Crippen LogP contribution in [0, 0.1) is 0 Å². The fourth-order valence-corrected chi connectivity index (χ4v) is 4.04. The summed E-state index contributed by atoms with van der Waals surface area (Å²) in [5, 5.41) is 12.4. The zero-order valence-electron chi connectivity index (χ0n) is 15.6. The summed E-state index contributed by atoms with van der Waals surface area (Å²) in [5.41, 5.74) is 1.37. The van der Waals surface area contributed by atoms with Gasteiger partial charge in [0.15, 0.2) is 0 Å². The summed E-state index contributed by atoms with van der Waals surface area (Å²) >= 11 is 0. The molecule has 2 rings (SSSR count). The Balaban J connectivity index is 2.23. The summed E-state index contributed by atoms with van der Waals surface area (Å²) in [4.78, 5) is 11.2. The van der Waals surface area contributed by atoms with Gasteiger partial charge in [-0.25, -0.2) is 17.9 Å². The Morgan fingerprint density at radius 3 is 2.48 bits per heavy atom. The molecule has 27 heavy (non-hydrogen) atoms. The summed E-state index contributed by atoms with van der Waals surface area (Å²) in [5.74, 6) is -1.16. The Morgan fingerprint density at radius 1 is 1.15 bits per heavy atom. The van der Waals surface area contributed by atoms with E-state index in [0.29, 0.717) is 12.1 Å². The molecule has 0 heterocycles. The number of benzene rings is 2. The van der Waals surface area contributed by atoms with Gasteiger partial charge in [0, 0.05) is 12.6 Å². The molecular weight excluding hydrogens is 364 g/mol. The van der Waals surface area contributed by atoms with E-state index in [-0.39, 0.29) is 23.0 Å². The predicted molar refractivity (Wildman–Crippen MR) is 107 cm³/mol.